The third-order valence-electron chi connectivity index (χ3n) is 12.4. The molecule has 0 saturated heterocycles. The lowest BCUT2D eigenvalue weighted by Crippen LogP contribution is -2.35. The number of aromatic nitrogens is 6. The van der Waals surface area contributed by atoms with Crippen LogP contribution in [-0.2, 0) is 9.59 Å². The van der Waals surface area contributed by atoms with Gasteiger partial charge in [0.05, 0.1) is 23.3 Å². The molecule has 2 amide bonds. The highest BCUT2D eigenvalue weighted by atomic mass is 35.5. The number of amides is 2. The van der Waals surface area contributed by atoms with Gasteiger partial charge in [0.25, 0.3) is 0 Å². The van der Waals surface area contributed by atoms with E-state index in [2.05, 4.69) is 67.9 Å². The van der Waals surface area contributed by atoms with Gasteiger partial charge in [-0.15, -0.1) is 43.1 Å². The Hall–Kier alpha value is -5.02. The Morgan fingerprint density at radius 3 is 1.35 bits per heavy atom. The van der Waals surface area contributed by atoms with Gasteiger partial charge in [-0.25, -0.2) is 0 Å². The monoisotopic (exact) mass is 922 g/mol. The molecule has 2 aliphatic rings. The molecule has 2 N–H and O–H groups in total. The van der Waals surface area contributed by atoms with Gasteiger partial charge in [0.1, 0.15) is 33.7 Å². The quantitative estimate of drug-likeness (QED) is 0.104. The molecule has 0 spiro atoms. The van der Waals surface area contributed by atoms with Crippen molar-refractivity contribution in [3.05, 3.63) is 125 Å². The molecule has 328 valence electrons. The number of fused-ring (bicyclic) bond motifs is 6. The smallest absolute Gasteiger partial charge is 0.225 e. The Balaban J connectivity index is 0.928. The Morgan fingerprint density at radius 1 is 0.603 bits per heavy atom. The van der Waals surface area contributed by atoms with Crippen molar-refractivity contribution < 1.29 is 9.59 Å². The minimum absolute atomic E-state index is 0.0733. The summed E-state index contributed by atoms with van der Waals surface area (Å²) in [6.45, 7) is 17.4. The average molecular weight is 924 g/mol. The standard InChI is InChI=1S/C47H52Cl2N10O2S2/c1-9-34(40-42-56-54-28(7)58(42)46-36(24(3)26(5)62-46)38(52-40)30-14-18-32(48)19-15-30)44(60)50-22-12-11-13-23-51-45(61)35(10-2)41-43-57-55-29(8)59(43)47-37(25(4)27(6)63-47)39(53-41)31-16-20-33(49)21-17-31/h14-21,34-35,40-41H,9-13,22-23H2,1-8H3,(H,50,60)(H,51,61)/t34-,35-,40+,41+/m1/s1. The summed E-state index contributed by atoms with van der Waals surface area (Å²) in [5.41, 5.74) is 7.86. The minimum Gasteiger partial charge on any atom is -0.356 e. The summed E-state index contributed by atoms with van der Waals surface area (Å²) in [5.74, 6) is 1.73. The average Bonchev–Trinajstić information content (AvgIpc) is 3.95. The molecule has 6 aromatic rings. The molecule has 4 atom stereocenters. The number of aryl methyl sites for hydroxylation is 4. The van der Waals surface area contributed by atoms with E-state index in [9.17, 15) is 9.59 Å². The number of nitrogens with one attached hydrogen (secondary N) is 2. The van der Waals surface area contributed by atoms with E-state index in [1.54, 1.807) is 22.7 Å². The molecule has 8 rings (SSSR count). The van der Waals surface area contributed by atoms with Crippen LogP contribution < -0.4 is 10.6 Å². The maximum absolute atomic E-state index is 14.1. The molecular weight excluding hydrogens is 872 g/mol. The van der Waals surface area contributed by atoms with Crippen molar-refractivity contribution in [1.29, 1.82) is 0 Å². The molecule has 0 radical (unpaired) electrons. The maximum atomic E-state index is 14.1. The van der Waals surface area contributed by atoms with Crippen LogP contribution in [0, 0.1) is 53.4 Å². The Bertz CT molecular complexity index is 2560. The van der Waals surface area contributed by atoms with Crippen molar-refractivity contribution in [1.82, 2.24) is 40.2 Å². The number of benzene rings is 2. The molecule has 6 heterocycles. The Labute approximate surface area is 386 Å². The predicted molar refractivity (Wildman–Crippen MR) is 254 cm³/mol. The van der Waals surface area contributed by atoms with Crippen molar-refractivity contribution in [2.75, 3.05) is 13.1 Å². The van der Waals surface area contributed by atoms with E-state index in [1.807, 2.05) is 76.2 Å². The SMILES string of the molecule is CC[C@@H](C(=O)NCCCCCNC(=O)[C@H](CC)[C@@H]1N=C(c2ccc(Cl)cc2)c2c(sc(C)c2C)-n2c(C)nnc21)[C@@H]1N=C(c2ccc(Cl)cc2)c2c(sc(C)c2C)-n2c(C)nnc21. The molecule has 12 nitrogen and oxygen atoms in total. The van der Waals surface area contributed by atoms with E-state index in [1.165, 1.54) is 9.75 Å². The first-order valence-corrected chi connectivity index (χ1v) is 24.0. The van der Waals surface area contributed by atoms with Crippen LogP contribution in [0.5, 0.6) is 0 Å². The van der Waals surface area contributed by atoms with E-state index in [0.29, 0.717) is 47.6 Å². The van der Waals surface area contributed by atoms with Gasteiger partial charge in [0.2, 0.25) is 11.8 Å². The lowest BCUT2D eigenvalue weighted by atomic mass is 9.94. The second-order valence-corrected chi connectivity index (χ2v) is 19.6. The van der Waals surface area contributed by atoms with Gasteiger partial charge in [-0.1, -0.05) is 61.3 Å². The second kappa shape index (κ2) is 18.6. The molecule has 2 aromatic carbocycles. The van der Waals surface area contributed by atoms with Gasteiger partial charge >= 0.3 is 0 Å². The lowest BCUT2D eigenvalue weighted by molar-refractivity contribution is -0.126. The third-order valence-corrected chi connectivity index (χ3v) is 15.3. The summed E-state index contributed by atoms with van der Waals surface area (Å²) in [7, 11) is 0. The predicted octanol–water partition coefficient (Wildman–Crippen LogP) is 10.1. The van der Waals surface area contributed by atoms with Crippen LogP contribution in [0.15, 0.2) is 58.5 Å². The number of hydrogen-bond acceptors (Lipinski definition) is 10. The topological polar surface area (TPSA) is 144 Å². The summed E-state index contributed by atoms with van der Waals surface area (Å²) in [6.07, 6.45) is 3.45. The van der Waals surface area contributed by atoms with Crippen molar-refractivity contribution in [2.45, 2.75) is 99.6 Å². The van der Waals surface area contributed by atoms with Gasteiger partial charge in [-0.2, -0.15) is 0 Å². The second-order valence-electron chi connectivity index (χ2n) is 16.3. The summed E-state index contributed by atoms with van der Waals surface area (Å²) < 4.78 is 4.16. The number of thiophene rings is 2. The van der Waals surface area contributed by atoms with E-state index in [-0.39, 0.29) is 11.8 Å². The van der Waals surface area contributed by atoms with Gasteiger partial charge in [-0.05, 0) is 109 Å². The van der Waals surface area contributed by atoms with Crippen LogP contribution >= 0.6 is 45.9 Å². The number of aliphatic imine (C=N–C) groups is 2. The first-order chi connectivity index (χ1) is 30.3. The van der Waals surface area contributed by atoms with Crippen LogP contribution in [0.25, 0.3) is 10.0 Å². The number of rotatable bonds is 14. The first-order valence-electron chi connectivity index (χ1n) is 21.6. The normalized spacial score (nSPS) is 16.4. The van der Waals surface area contributed by atoms with E-state index in [4.69, 9.17) is 33.2 Å². The van der Waals surface area contributed by atoms with Crippen molar-refractivity contribution in [3.63, 3.8) is 0 Å². The maximum Gasteiger partial charge on any atom is 0.225 e. The van der Waals surface area contributed by atoms with Gasteiger partial charge in [0.15, 0.2) is 11.6 Å². The number of unbranched alkanes of at least 4 members (excludes halogenated alkanes) is 2. The Kier molecular flexibility index (Phi) is 13.2. The number of carbonyl (C=O) groups is 2. The third kappa shape index (κ3) is 8.43. The zero-order valence-electron chi connectivity index (χ0n) is 36.8. The number of carbonyl (C=O) groups excluding carboxylic acids is 2. The van der Waals surface area contributed by atoms with Crippen molar-refractivity contribution in [3.8, 4) is 10.0 Å². The van der Waals surface area contributed by atoms with E-state index < -0.39 is 23.9 Å². The van der Waals surface area contributed by atoms with Crippen molar-refractivity contribution >= 4 is 69.1 Å². The molecule has 0 aliphatic carbocycles. The van der Waals surface area contributed by atoms with Gasteiger partial charge < -0.3 is 10.6 Å². The lowest BCUT2D eigenvalue weighted by Gasteiger charge is -2.22. The van der Waals surface area contributed by atoms with Crippen LogP contribution in [0.1, 0.15) is 124 Å². The Morgan fingerprint density at radius 2 is 0.984 bits per heavy atom. The fraction of sp³-hybridized carbons (Fsp3) is 0.404. The summed E-state index contributed by atoms with van der Waals surface area (Å²) in [6, 6.07) is 14.3. The molecule has 0 unspecified atom stereocenters. The summed E-state index contributed by atoms with van der Waals surface area (Å²) in [5, 5.41) is 27.9. The zero-order chi connectivity index (χ0) is 44.7. The fourth-order valence-electron chi connectivity index (χ4n) is 8.67. The first kappa shape index (κ1) is 44.6. The van der Waals surface area contributed by atoms with Crippen LogP contribution in [-0.4, -0.2) is 65.9 Å². The summed E-state index contributed by atoms with van der Waals surface area (Å²) in [4.78, 5) is 41.2. The largest absolute Gasteiger partial charge is 0.356 e. The van der Waals surface area contributed by atoms with Gasteiger partial charge in [0, 0.05) is 55.1 Å². The van der Waals surface area contributed by atoms with Crippen LogP contribution in [0.2, 0.25) is 10.0 Å². The van der Waals surface area contributed by atoms with Crippen LogP contribution in [0.3, 0.4) is 0 Å². The zero-order valence-corrected chi connectivity index (χ0v) is 40.0. The van der Waals surface area contributed by atoms with E-state index in [0.717, 1.165) is 85.7 Å². The number of nitrogens with zero attached hydrogens (tertiary/aromatic N) is 8. The minimum atomic E-state index is -0.555. The molecule has 2 aliphatic heterocycles. The van der Waals surface area contributed by atoms with E-state index >= 15 is 0 Å². The van der Waals surface area contributed by atoms with Gasteiger partial charge in [-0.3, -0.25) is 28.7 Å². The highest BCUT2D eigenvalue weighted by molar-refractivity contribution is 7.15. The molecule has 0 saturated carbocycles. The molecule has 63 heavy (non-hydrogen) atoms. The molecule has 0 fully saturated rings. The molecular formula is C47H52Cl2N10O2S2. The highest BCUT2D eigenvalue weighted by Crippen LogP contribution is 2.43. The number of halogens is 2. The number of hydrogen-bond donors (Lipinski definition) is 2. The fourth-order valence-corrected chi connectivity index (χ4v) is 11.3. The molecule has 4 aromatic heterocycles. The molecule has 16 heteroatoms. The highest BCUT2D eigenvalue weighted by Gasteiger charge is 2.39. The van der Waals surface area contributed by atoms with Crippen LogP contribution in [0.4, 0.5) is 0 Å². The summed E-state index contributed by atoms with van der Waals surface area (Å²) >= 11 is 16.0. The molecule has 0 bridgehead atoms. The van der Waals surface area contributed by atoms with Crippen molar-refractivity contribution in [2.24, 2.45) is 21.8 Å².